The highest BCUT2D eigenvalue weighted by Gasteiger charge is 2.17. The Bertz CT molecular complexity index is 1330. The highest BCUT2D eigenvalue weighted by molar-refractivity contribution is 7.92. The number of carbonyl (C=O) groups is 1. The van der Waals surface area contributed by atoms with Crippen LogP contribution in [0.1, 0.15) is 31.0 Å². The molecule has 0 fully saturated rings. The first-order chi connectivity index (χ1) is 17.7. The fourth-order valence-electron chi connectivity index (χ4n) is 3.58. The second-order valence-corrected chi connectivity index (χ2v) is 9.86. The van der Waals surface area contributed by atoms with Gasteiger partial charge >= 0.3 is 0 Å². The monoisotopic (exact) mass is 528 g/mol. The van der Waals surface area contributed by atoms with Crippen LogP contribution in [0.15, 0.2) is 65.6 Å². The van der Waals surface area contributed by atoms with Crippen molar-refractivity contribution in [3.05, 3.63) is 71.8 Å². The van der Waals surface area contributed by atoms with E-state index >= 15 is 0 Å². The summed E-state index contributed by atoms with van der Waals surface area (Å²) >= 11 is 0. The Kier molecular flexibility index (Phi) is 9.24. The molecule has 0 heterocycles. The van der Waals surface area contributed by atoms with E-state index in [1.165, 1.54) is 18.2 Å². The van der Waals surface area contributed by atoms with Crippen LogP contribution in [0.3, 0.4) is 0 Å². The molecule has 198 valence electrons. The Morgan fingerprint density at radius 2 is 1.57 bits per heavy atom. The first-order valence-electron chi connectivity index (χ1n) is 11.7. The zero-order valence-electron chi connectivity index (χ0n) is 21.5. The van der Waals surface area contributed by atoms with Crippen LogP contribution in [0.4, 0.5) is 5.69 Å². The van der Waals surface area contributed by atoms with Crippen LogP contribution in [0, 0.1) is 6.92 Å². The van der Waals surface area contributed by atoms with Crippen LogP contribution >= 0.6 is 0 Å². The van der Waals surface area contributed by atoms with Crippen molar-refractivity contribution < 1.29 is 32.2 Å². The summed E-state index contributed by atoms with van der Waals surface area (Å²) in [4.78, 5) is 12.6. The Balaban J connectivity index is 1.59. The predicted octanol–water partition coefficient (Wildman–Crippen LogP) is 4.47. The fraction of sp³-hybridized carbons (Fsp3) is 0.296. The Labute approximate surface area is 217 Å². The average molecular weight is 529 g/mol. The SMILES string of the molecule is CCOc1ccc(NS(=O)(=O)c2ccc(OCC(=O)N[C@@H](C)c3ccc(OC)c(OC)c3)c(C)c2)cc1. The minimum absolute atomic E-state index is 0.0813. The zero-order valence-corrected chi connectivity index (χ0v) is 22.3. The largest absolute Gasteiger partial charge is 0.494 e. The van der Waals surface area contributed by atoms with Crippen molar-refractivity contribution in [3.63, 3.8) is 0 Å². The first kappa shape index (κ1) is 27.7. The van der Waals surface area contributed by atoms with Crippen molar-refractivity contribution in [1.82, 2.24) is 5.32 Å². The predicted molar refractivity (Wildman–Crippen MR) is 141 cm³/mol. The van der Waals surface area contributed by atoms with E-state index in [1.807, 2.05) is 19.9 Å². The van der Waals surface area contributed by atoms with Crippen LogP contribution in [0.5, 0.6) is 23.0 Å². The van der Waals surface area contributed by atoms with Crippen molar-refractivity contribution in [2.75, 3.05) is 32.2 Å². The summed E-state index contributed by atoms with van der Waals surface area (Å²) in [6.07, 6.45) is 0. The molecule has 1 atom stereocenters. The summed E-state index contributed by atoms with van der Waals surface area (Å²) < 4.78 is 49.8. The number of hydrogen-bond donors (Lipinski definition) is 2. The van der Waals surface area contributed by atoms with Crippen molar-refractivity contribution in [1.29, 1.82) is 0 Å². The normalized spacial score (nSPS) is 11.8. The van der Waals surface area contributed by atoms with Gasteiger partial charge < -0.3 is 24.3 Å². The van der Waals surface area contributed by atoms with Gasteiger partial charge in [-0.15, -0.1) is 0 Å². The molecule has 10 heteroatoms. The summed E-state index contributed by atoms with van der Waals surface area (Å²) in [6, 6.07) is 16.2. The van der Waals surface area contributed by atoms with Gasteiger partial charge in [-0.25, -0.2) is 8.42 Å². The van der Waals surface area contributed by atoms with Gasteiger partial charge in [0.1, 0.15) is 11.5 Å². The van der Waals surface area contributed by atoms with E-state index in [1.54, 1.807) is 57.5 Å². The summed E-state index contributed by atoms with van der Waals surface area (Å²) in [5, 5.41) is 2.87. The number of anilines is 1. The van der Waals surface area contributed by atoms with E-state index in [0.717, 1.165) is 5.56 Å². The molecule has 9 nitrogen and oxygen atoms in total. The molecule has 0 spiro atoms. The fourth-order valence-corrected chi connectivity index (χ4v) is 4.73. The molecular formula is C27H32N2O7S. The van der Waals surface area contributed by atoms with Gasteiger partial charge in [-0.3, -0.25) is 9.52 Å². The number of rotatable bonds is 12. The Morgan fingerprint density at radius 3 is 2.19 bits per heavy atom. The number of methoxy groups -OCH3 is 2. The smallest absolute Gasteiger partial charge is 0.261 e. The molecule has 0 unspecified atom stereocenters. The molecule has 0 aliphatic heterocycles. The molecule has 37 heavy (non-hydrogen) atoms. The number of sulfonamides is 1. The van der Waals surface area contributed by atoms with Crippen LogP contribution in [-0.2, 0) is 14.8 Å². The lowest BCUT2D eigenvalue weighted by molar-refractivity contribution is -0.123. The Morgan fingerprint density at radius 1 is 0.892 bits per heavy atom. The highest BCUT2D eigenvalue weighted by atomic mass is 32.2. The van der Waals surface area contributed by atoms with E-state index < -0.39 is 10.0 Å². The van der Waals surface area contributed by atoms with E-state index in [0.29, 0.717) is 40.9 Å². The van der Waals surface area contributed by atoms with Crippen molar-refractivity contribution in [3.8, 4) is 23.0 Å². The maximum atomic E-state index is 12.8. The summed E-state index contributed by atoms with van der Waals surface area (Å²) in [5.41, 5.74) is 1.84. The van der Waals surface area contributed by atoms with E-state index in [4.69, 9.17) is 18.9 Å². The summed E-state index contributed by atoms with van der Waals surface area (Å²) in [5.74, 6) is 1.91. The number of benzene rings is 3. The summed E-state index contributed by atoms with van der Waals surface area (Å²) in [6.45, 7) is 5.74. The quantitative estimate of drug-likeness (QED) is 0.357. The first-order valence-corrected chi connectivity index (χ1v) is 13.2. The third kappa shape index (κ3) is 7.29. The average Bonchev–Trinajstić information content (AvgIpc) is 2.88. The van der Waals surface area contributed by atoms with Gasteiger partial charge in [0.05, 0.1) is 31.8 Å². The molecule has 0 bridgehead atoms. The van der Waals surface area contributed by atoms with Crippen LogP contribution < -0.4 is 29.0 Å². The number of amides is 1. The van der Waals surface area contributed by atoms with Gasteiger partial charge in [-0.1, -0.05) is 6.07 Å². The molecule has 0 radical (unpaired) electrons. The third-order valence-electron chi connectivity index (χ3n) is 5.52. The van der Waals surface area contributed by atoms with Crippen LogP contribution in [-0.4, -0.2) is 41.8 Å². The molecule has 1 amide bonds. The summed E-state index contributed by atoms with van der Waals surface area (Å²) in [7, 11) is -0.704. The lowest BCUT2D eigenvalue weighted by atomic mass is 10.1. The van der Waals surface area contributed by atoms with Gasteiger partial charge in [0.25, 0.3) is 15.9 Å². The van der Waals surface area contributed by atoms with Crippen molar-refractivity contribution in [2.24, 2.45) is 0 Å². The lowest BCUT2D eigenvalue weighted by Crippen LogP contribution is -2.31. The molecule has 2 N–H and O–H groups in total. The molecule has 0 aliphatic rings. The van der Waals surface area contributed by atoms with Crippen LogP contribution in [0.25, 0.3) is 0 Å². The second kappa shape index (κ2) is 12.4. The van der Waals surface area contributed by atoms with Gasteiger partial charge in [-0.2, -0.15) is 0 Å². The molecule has 3 aromatic rings. The maximum Gasteiger partial charge on any atom is 0.261 e. The number of aryl methyl sites for hydroxylation is 1. The minimum atomic E-state index is -3.81. The molecule has 0 aromatic heterocycles. The molecule has 0 aliphatic carbocycles. The number of hydrogen-bond acceptors (Lipinski definition) is 7. The zero-order chi connectivity index (χ0) is 27.0. The maximum absolute atomic E-state index is 12.8. The number of carbonyl (C=O) groups excluding carboxylic acids is 1. The van der Waals surface area contributed by atoms with E-state index in [-0.39, 0.29) is 23.5 Å². The van der Waals surface area contributed by atoms with Gasteiger partial charge in [-0.05, 0) is 86.5 Å². The lowest BCUT2D eigenvalue weighted by Gasteiger charge is -2.17. The number of nitrogens with one attached hydrogen (secondary N) is 2. The minimum Gasteiger partial charge on any atom is -0.494 e. The molecule has 0 saturated carbocycles. The van der Waals surface area contributed by atoms with Crippen LogP contribution in [0.2, 0.25) is 0 Å². The third-order valence-corrected chi connectivity index (χ3v) is 6.90. The second-order valence-electron chi connectivity index (χ2n) is 8.18. The van der Waals surface area contributed by atoms with Gasteiger partial charge in [0.2, 0.25) is 0 Å². The molecule has 0 saturated heterocycles. The van der Waals surface area contributed by atoms with E-state index in [2.05, 4.69) is 10.0 Å². The standard InChI is InChI=1S/C27H32N2O7S/c1-6-35-22-10-8-21(9-11-22)29-37(31,32)23-12-14-24(18(2)15-23)36-17-27(30)28-19(3)20-7-13-25(33-4)26(16-20)34-5/h7-16,19,29H,6,17H2,1-5H3,(H,28,30)/t19-/m0/s1. The van der Waals surface area contributed by atoms with Gasteiger partial charge in [0, 0.05) is 5.69 Å². The molecule has 3 rings (SSSR count). The Hall–Kier alpha value is -3.92. The number of ether oxygens (including phenoxy) is 4. The molecule has 3 aromatic carbocycles. The van der Waals surface area contributed by atoms with Crippen molar-refractivity contribution >= 4 is 21.6 Å². The van der Waals surface area contributed by atoms with Gasteiger partial charge in [0.15, 0.2) is 18.1 Å². The van der Waals surface area contributed by atoms with E-state index in [9.17, 15) is 13.2 Å². The highest BCUT2D eigenvalue weighted by Crippen LogP contribution is 2.30. The molecular weight excluding hydrogens is 496 g/mol. The topological polar surface area (TPSA) is 112 Å². The van der Waals surface area contributed by atoms with Crippen molar-refractivity contribution in [2.45, 2.75) is 31.7 Å².